The molecule has 0 aliphatic heterocycles. The molecule has 1 fully saturated rings. The van der Waals surface area contributed by atoms with Gasteiger partial charge in [-0.2, -0.15) is 0 Å². The van der Waals surface area contributed by atoms with Gasteiger partial charge >= 0.3 is 0 Å². The van der Waals surface area contributed by atoms with Gasteiger partial charge in [-0.15, -0.1) is 0 Å². The van der Waals surface area contributed by atoms with Crippen LogP contribution < -0.4 is 0 Å². The normalized spacial score (nSPS) is 16.6. The highest BCUT2D eigenvalue weighted by Gasteiger charge is 2.29. The zero-order chi connectivity index (χ0) is 9.42. The van der Waals surface area contributed by atoms with Gasteiger partial charge in [0, 0.05) is 11.6 Å². The van der Waals surface area contributed by atoms with Gasteiger partial charge < -0.3 is 0 Å². The number of hydrogen-bond acceptors (Lipinski definition) is 2. The number of hydrogen-bond donors (Lipinski definition) is 0. The second kappa shape index (κ2) is 3.09. The summed E-state index contributed by atoms with van der Waals surface area (Å²) in [6.45, 7) is 6.53. The Labute approximate surface area is 79.4 Å². The SMILES string of the molecule is Cc1ncnc(C2CC2)c1C(C)C. The molecule has 0 spiro atoms. The van der Waals surface area contributed by atoms with Crippen LogP contribution in [0.15, 0.2) is 6.33 Å². The molecule has 2 heteroatoms. The Kier molecular flexibility index (Phi) is 2.06. The van der Waals surface area contributed by atoms with E-state index in [0.717, 1.165) is 11.6 Å². The first-order chi connectivity index (χ1) is 6.20. The molecule has 0 bridgehead atoms. The van der Waals surface area contributed by atoms with Crippen LogP contribution in [0.5, 0.6) is 0 Å². The van der Waals surface area contributed by atoms with Crippen molar-refractivity contribution in [2.24, 2.45) is 0 Å². The molecule has 0 saturated heterocycles. The van der Waals surface area contributed by atoms with E-state index in [0.29, 0.717) is 5.92 Å². The maximum absolute atomic E-state index is 4.41. The lowest BCUT2D eigenvalue weighted by atomic mass is 9.97. The van der Waals surface area contributed by atoms with Crippen LogP contribution in [0.25, 0.3) is 0 Å². The molecule has 1 aromatic heterocycles. The summed E-state index contributed by atoms with van der Waals surface area (Å²) in [5, 5.41) is 0. The first-order valence-electron chi connectivity index (χ1n) is 5.01. The molecule has 70 valence electrons. The average Bonchev–Trinajstić information content (AvgIpc) is 2.85. The van der Waals surface area contributed by atoms with E-state index in [1.807, 2.05) is 0 Å². The molecule has 1 heterocycles. The lowest BCUT2D eigenvalue weighted by molar-refractivity contribution is 0.789. The van der Waals surface area contributed by atoms with E-state index in [1.165, 1.54) is 24.1 Å². The summed E-state index contributed by atoms with van der Waals surface area (Å²) in [7, 11) is 0. The lowest BCUT2D eigenvalue weighted by Gasteiger charge is -2.12. The minimum Gasteiger partial charge on any atom is -0.241 e. The predicted molar refractivity (Wildman–Crippen MR) is 52.8 cm³/mol. The minimum atomic E-state index is 0.553. The predicted octanol–water partition coefficient (Wildman–Crippen LogP) is 2.79. The van der Waals surface area contributed by atoms with Crippen molar-refractivity contribution < 1.29 is 0 Å². The molecule has 1 aliphatic rings. The van der Waals surface area contributed by atoms with E-state index in [-0.39, 0.29) is 0 Å². The minimum absolute atomic E-state index is 0.553. The summed E-state index contributed by atoms with van der Waals surface area (Å²) in [5.74, 6) is 1.29. The highest BCUT2D eigenvalue weighted by atomic mass is 14.9. The molecule has 2 nitrogen and oxygen atoms in total. The molecule has 0 atom stereocenters. The number of aromatic nitrogens is 2. The Hall–Kier alpha value is -0.920. The van der Waals surface area contributed by atoms with Crippen molar-refractivity contribution in [1.82, 2.24) is 9.97 Å². The van der Waals surface area contributed by atoms with E-state index in [1.54, 1.807) is 6.33 Å². The van der Waals surface area contributed by atoms with E-state index in [9.17, 15) is 0 Å². The summed E-state index contributed by atoms with van der Waals surface area (Å²) in [4.78, 5) is 8.67. The zero-order valence-corrected chi connectivity index (χ0v) is 8.54. The smallest absolute Gasteiger partial charge is 0.115 e. The maximum atomic E-state index is 4.41. The van der Waals surface area contributed by atoms with Crippen LogP contribution in [0.3, 0.4) is 0 Å². The van der Waals surface area contributed by atoms with Gasteiger partial charge in [-0.05, 0) is 31.2 Å². The van der Waals surface area contributed by atoms with Crippen molar-refractivity contribution in [3.63, 3.8) is 0 Å². The van der Waals surface area contributed by atoms with Crippen molar-refractivity contribution in [2.45, 2.75) is 45.4 Å². The van der Waals surface area contributed by atoms with Gasteiger partial charge in [0.25, 0.3) is 0 Å². The molecule has 13 heavy (non-hydrogen) atoms. The van der Waals surface area contributed by atoms with Gasteiger partial charge in [0.15, 0.2) is 0 Å². The van der Waals surface area contributed by atoms with Gasteiger partial charge in [0.1, 0.15) is 6.33 Å². The molecule has 2 rings (SSSR count). The van der Waals surface area contributed by atoms with Crippen molar-refractivity contribution in [1.29, 1.82) is 0 Å². The molecule has 0 aromatic carbocycles. The third-order valence-electron chi connectivity index (χ3n) is 2.66. The second-order valence-electron chi connectivity index (χ2n) is 4.19. The molecular weight excluding hydrogens is 160 g/mol. The quantitative estimate of drug-likeness (QED) is 0.692. The highest BCUT2D eigenvalue weighted by molar-refractivity contribution is 5.31. The first-order valence-corrected chi connectivity index (χ1v) is 5.01. The van der Waals surface area contributed by atoms with Crippen molar-refractivity contribution >= 4 is 0 Å². The van der Waals surface area contributed by atoms with E-state index in [2.05, 4.69) is 30.7 Å². The van der Waals surface area contributed by atoms with Crippen LogP contribution in [-0.4, -0.2) is 9.97 Å². The topological polar surface area (TPSA) is 25.8 Å². The molecular formula is C11H16N2. The molecule has 0 radical (unpaired) electrons. The van der Waals surface area contributed by atoms with Crippen molar-refractivity contribution in [2.75, 3.05) is 0 Å². The Morgan fingerprint density at radius 3 is 2.54 bits per heavy atom. The maximum Gasteiger partial charge on any atom is 0.115 e. The van der Waals surface area contributed by atoms with Crippen LogP contribution in [0, 0.1) is 6.92 Å². The third kappa shape index (κ3) is 1.58. The Morgan fingerprint density at radius 1 is 1.31 bits per heavy atom. The van der Waals surface area contributed by atoms with Crippen LogP contribution in [-0.2, 0) is 0 Å². The van der Waals surface area contributed by atoms with Gasteiger partial charge in [0.2, 0.25) is 0 Å². The lowest BCUT2D eigenvalue weighted by Crippen LogP contribution is -2.03. The number of aryl methyl sites for hydroxylation is 1. The summed E-state index contributed by atoms with van der Waals surface area (Å²) < 4.78 is 0. The number of rotatable bonds is 2. The average molecular weight is 176 g/mol. The van der Waals surface area contributed by atoms with Crippen LogP contribution in [0.4, 0.5) is 0 Å². The van der Waals surface area contributed by atoms with Crippen LogP contribution in [0.1, 0.15) is 55.5 Å². The molecule has 1 saturated carbocycles. The fraction of sp³-hybridized carbons (Fsp3) is 0.636. The Bertz CT molecular complexity index is 314. The monoisotopic (exact) mass is 176 g/mol. The molecule has 1 aliphatic carbocycles. The van der Waals surface area contributed by atoms with Gasteiger partial charge in [-0.1, -0.05) is 13.8 Å². The molecule has 0 N–H and O–H groups in total. The Morgan fingerprint density at radius 2 is 2.00 bits per heavy atom. The fourth-order valence-corrected chi connectivity index (χ4v) is 1.90. The summed E-state index contributed by atoms with van der Waals surface area (Å²) in [6, 6.07) is 0. The van der Waals surface area contributed by atoms with Gasteiger partial charge in [-0.3, -0.25) is 0 Å². The van der Waals surface area contributed by atoms with Crippen LogP contribution >= 0.6 is 0 Å². The van der Waals surface area contributed by atoms with E-state index in [4.69, 9.17) is 0 Å². The largest absolute Gasteiger partial charge is 0.241 e. The fourth-order valence-electron chi connectivity index (χ4n) is 1.90. The first kappa shape index (κ1) is 8.67. The van der Waals surface area contributed by atoms with E-state index >= 15 is 0 Å². The van der Waals surface area contributed by atoms with Crippen molar-refractivity contribution in [3.8, 4) is 0 Å². The second-order valence-corrected chi connectivity index (χ2v) is 4.19. The van der Waals surface area contributed by atoms with Gasteiger partial charge in [-0.25, -0.2) is 9.97 Å². The Balaban J connectivity index is 2.47. The molecule has 0 amide bonds. The summed E-state index contributed by atoms with van der Waals surface area (Å²) >= 11 is 0. The highest BCUT2D eigenvalue weighted by Crippen LogP contribution is 2.42. The van der Waals surface area contributed by atoms with Gasteiger partial charge in [0.05, 0.1) is 5.69 Å². The van der Waals surface area contributed by atoms with E-state index < -0.39 is 0 Å². The van der Waals surface area contributed by atoms with Crippen LogP contribution in [0.2, 0.25) is 0 Å². The summed E-state index contributed by atoms with van der Waals surface area (Å²) in [5.41, 5.74) is 3.85. The zero-order valence-electron chi connectivity index (χ0n) is 8.54. The summed E-state index contributed by atoms with van der Waals surface area (Å²) in [6.07, 6.45) is 4.33. The third-order valence-corrected chi connectivity index (χ3v) is 2.66. The molecule has 0 unspecified atom stereocenters. The number of nitrogens with zero attached hydrogens (tertiary/aromatic N) is 2. The standard InChI is InChI=1S/C11H16N2/c1-7(2)10-8(3)12-6-13-11(10)9-4-5-9/h6-7,9H,4-5H2,1-3H3. The molecule has 1 aromatic rings. The van der Waals surface area contributed by atoms with Crippen molar-refractivity contribution in [3.05, 3.63) is 23.3 Å².